The second kappa shape index (κ2) is 28.9. The van der Waals surface area contributed by atoms with Crippen LogP contribution in [0.2, 0.25) is 0 Å². The van der Waals surface area contributed by atoms with Crippen LogP contribution in [0.4, 0.5) is 17.6 Å². The van der Waals surface area contributed by atoms with E-state index in [9.17, 15) is 60.6 Å². The number of amides is 2. The van der Waals surface area contributed by atoms with Gasteiger partial charge < -0.3 is 66.7 Å². The van der Waals surface area contributed by atoms with E-state index < -0.39 is 107 Å². The molecule has 22 nitrogen and oxygen atoms in total. The van der Waals surface area contributed by atoms with E-state index in [-0.39, 0.29) is 125 Å². The second-order valence-electron chi connectivity index (χ2n) is 18.9. The molecule has 2 aliphatic rings. The smallest absolute Gasteiger partial charge is 0.332 e. The van der Waals surface area contributed by atoms with Gasteiger partial charge in [-0.3, -0.25) is 37.9 Å². The summed E-state index contributed by atoms with van der Waals surface area (Å²) in [5, 5.41) is 15.5. The Bertz CT molecular complexity index is 3140. The van der Waals surface area contributed by atoms with Crippen LogP contribution in [0.1, 0.15) is 94.4 Å². The molecule has 0 spiro atoms. The van der Waals surface area contributed by atoms with Crippen molar-refractivity contribution in [2.45, 2.75) is 79.9 Å². The molecule has 4 aromatic rings. The Hall–Kier alpha value is -5.92. The van der Waals surface area contributed by atoms with Crippen molar-refractivity contribution in [3.05, 3.63) is 126 Å². The van der Waals surface area contributed by atoms with E-state index in [4.69, 9.17) is 41.8 Å². The maximum absolute atomic E-state index is 14.0. The highest BCUT2D eigenvalue weighted by Crippen LogP contribution is 2.49. The average Bonchev–Trinajstić information content (AvgIpc) is 3.36. The number of ether oxygens (including phenoxy) is 5. The molecule has 2 aromatic heterocycles. The maximum Gasteiger partial charge on any atom is 0.332 e. The van der Waals surface area contributed by atoms with E-state index in [0.29, 0.717) is 12.1 Å². The summed E-state index contributed by atoms with van der Waals surface area (Å²) in [5.41, 5.74) is -5.72. The fourth-order valence-electron chi connectivity index (χ4n) is 9.05. The number of Topliss-reactive ketones (excluding diaryl/α,β-unsaturated/α-hetero) is 2. The van der Waals surface area contributed by atoms with Gasteiger partial charge in [-0.05, 0) is 53.7 Å². The van der Waals surface area contributed by atoms with Gasteiger partial charge in [0.2, 0.25) is 10.9 Å². The third-order valence-electron chi connectivity index (χ3n) is 13.4. The van der Waals surface area contributed by atoms with Crippen molar-refractivity contribution >= 4 is 38.6 Å². The molecular weight excluding hydrogens is 1120 g/mol. The highest BCUT2D eigenvalue weighted by Gasteiger charge is 2.50. The zero-order valence-electron chi connectivity index (χ0n) is 46.4. The number of nitrogens with zero attached hydrogens (tertiary/aromatic N) is 2. The van der Waals surface area contributed by atoms with Crippen molar-refractivity contribution in [1.29, 1.82) is 0 Å². The minimum absolute atomic E-state index is 0.0127. The number of aromatic nitrogens is 2. The number of rotatable bonds is 27. The second-order valence-corrected chi connectivity index (χ2v) is 23.2. The molecule has 4 unspecified atom stereocenters. The van der Waals surface area contributed by atoms with Gasteiger partial charge in [0, 0.05) is 63.0 Å². The van der Waals surface area contributed by atoms with E-state index in [2.05, 4.69) is 10.6 Å². The van der Waals surface area contributed by atoms with Crippen LogP contribution in [0.3, 0.4) is 0 Å². The summed E-state index contributed by atoms with van der Waals surface area (Å²) >= 11 is 0. The average molecular weight is 1190 g/mol. The number of pyridine rings is 2. The number of benzene rings is 2. The third-order valence-corrected chi connectivity index (χ3v) is 17.5. The number of hydrogen-bond acceptors (Lipinski definition) is 18. The first kappa shape index (κ1) is 65.9. The van der Waals surface area contributed by atoms with Gasteiger partial charge >= 0.3 is 15.2 Å². The van der Waals surface area contributed by atoms with Gasteiger partial charge in [0.15, 0.2) is 23.1 Å². The van der Waals surface area contributed by atoms with Gasteiger partial charge in [-0.1, -0.05) is 12.1 Å². The molecule has 2 amide bonds. The zero-order chi connectivity index (χ0) is 60.0. The highest BCUT2D eigenvalue weighted by molar-refractivity contribution is 7.54. The fourth-order valence-corrected chi connectivity index (χ4v) is 12.0. The molecule has 81 heavy (non-hydrogen) atoms. The normalized spacial score (nSPS) is 18.8. The molecule has 6 rings (SSSR count). The maximum atomic E-state index is 14.0. The summed E-state index contributed by atoms with van der Waals surface area (Å²) in [4.78, 5) is 79.2. The number of ketones is 2. The molecule has 0 fully saturated rings. The van der Waals surface area contributed by atoms with Crippen LogP contribution in [0.5, 0.6) is 11.5 Å². The van der Waals surface area contributed by atoms with Crippen LogP contribution in [0.25, 0.3) is 0 Å². The summed E-state index contributed by atoms with van der Waals surface area (Å²) in [6.45, 7) is 9.73. The van der Waals surface area contributed by atoms with Gasteiger partial charge in [-0.25, -0.2) is 17.6 Å². The molecule has 0 saturated carbocycles. The lowest BCUT2D eigenvalue weighted by Gasteiger charge is -2.40. The summed E-state index contributed by atoms with van der Waals surface area (Å²) in [6, 6.07) is 5.76. The molecule has 2 aromatic carbocycles. The summed E-state index contributed by atoms with van der Waals surface area (Å²) in [7, 11) is -2.71. The molecule has 2 aliphatic heterocycles. The summed E-state index contributed by atoms with van der Waals surface area (Å²) in [6.07, 6.45) is 0.766. The van der Waals surface area contributed by atoms with Gasteiger partial charge in [0.25, 0.3) is 11.8 Å². The Labute approximate surface area is 464 Å². The Kier molecular flexibility index (Phi) is 23.5. The Morgan fingerprint density at radius 3 is 1.38 bits per heavy atom. The zero-order valence-corrected chi connectivity index (χ0v) is 48.1. The van der Waals surface area contributed by atoms with Crippen molar-refractivity contribution in [2.75, 3.05) is 86.5 Å². The van der Waals surface area contributed by atoms with Crippen molar-refractivity contribution in [2.24, 2.45) is 10.8 Å². The van der Waals surface area contributed by atoms with E-state index in [0.717, 1.165) is 24.4 Å². The minimum Gasteiger partial charge on any atom is -0.503 e. The number of aromatic hydroxyl groups is 1. The first-order valence-electron chi connectivity index (χ1n) is 25.6. The molecular formula is C53H68F4N4O18P2. The molecule has 4 heterocycles. The first-order chi connectivity index (χ1) is 38.3. The van der Waals surface area contributed by atoms with Crippen molar-refractivity contribution in [3.8, 4) is 11.5 Å². The molecule has 4 atom stereocenters. The lowest BCUT2D eigenvalue weighted by molar-refractivity contribution is -0.0519. The Morgan fingerprint density at radius 2 is 1.01 bits per heavy atom. The van der Waals surface area contributed by atoms with E-state index in [1.807, 2.05) is 0 Å². The molecule has 446 valence electrons. The van der Waals surface area contributed by atoms with Crippen molar-refractivity contribution in [1.82, 2.24) is 19.8 Å². The van der Waals surface area contributed by atoms with E-state index in [1.165, 1.54) is 42.7 Å². The highest BCUT2D eigenvalue weighted by atomic mass is 31.2. The van der Waals surface area contributed by atoms with Crippen LogP contribution in [0.15, 0.2) is 58.4 Å². The monoisotopic (exact) mass is 1190 g/mol. The number of halogens is 4. The Morgan fingerprint density at radius 1 is 0.630 bits per heavy atom. The predicted octanol–water partition coefficient (Wildman–Crippen LogP) is 6.83. The SMILES string of the molecule is CCOP(=O)(CCOCC1(C)C(=O)c2c(O)c(=O)c(C(=O)NCc3ccc(F)cc3F)cn2CC1OC)OCC.CCOP(=O)(CCOCC1(C)C(=O)c2c(OC)c(=O)c(C(=O)NCc3ccc(F)cc3F)cn2CC1OC)OCC. The Balaban J connectivity index is 0.000000297. The van der Waals surface area contributed by atoms with Gasteiger partial charge in [0.1, 0.15) is 45.8 Å². The number of carbonyl (C=O) groups is 4. The summed E-state index contributed by atoms with van der Waals surface area (Å²) in [5.74, 6) is -7.46. The molecule has 28 heteroatoms. The predicted molar refractivity (Wildman–Crippen MR) is 284 cm³/mol. The van der Waals surface area contributed by atoms with Crippen LogP contribution in [-0.2, 0) is 72.4 Å². The topological polar surface area (TPSA) is 274 Å². The third kappa shape index (κ3) is 15.4. The number of nitrogens with one attached hydrogen (secondary N) is 2. The fraction of sp³-hybridized carbons (Fsp3) is 0.509. The number of methoxy groups -OCH3 is 3. The van der Waals surface area contributed by atoms with Gasteiger partial charge in [0.05, 0.1) is 108 Å². The first-order valence-corrected chi connectivity index (χ1v) is 29.1. The molecule has 0 aliphatic carbocycles. The van der Waals surface area contributed by atoms with Crippen molar-refractivity contribution < 1.29 is 92.8 Å². The largest absolute Gasteiger partial charge is 0.503 e. The standard InChI is InChI=1S/C27H35F2N2O9P.C26H33F2N2O9P/c1-6-39-41(35,40-7-2)11-10-38-16-27(3)21(36-4)15-31-14-19(23(32)24(37-5)22(31)25(27)33)26(34)30-13-17-8-9-18(28)12-20(17)29;1-5-38-40(35,39-6-2)10-9-37-15-26(3)20(36-4)14-30-13-18(22(31)23(32)21(30)24(26)33)25(34)29-12-16-7-8-17(27)11-19(16)28/h8-9,12,14,21H,6-7,10-11,13,15-16H2,1-5H3,(H,30,34);7-8,11,13,20,32H,5-6,9-10,12,14-15H2,1-4H3,(H,29,34). The number of carbonyl (C=O) groups excluding carboxylic acids is 4. The molecule has 0 saturated heterocycles. The summed E-state index contributed by atoms with van der Waals surface area (Å²) < 4.78 is 131. The van der Waals surface area contributed by atoms with Gasteiger partial charge in [-0.2, -0.15) is 0 Å². The lowest BCUT2D eigenvalue weighted by atomic mass is 9.76. The van der Waals surface area contributed by atoms with E-state index >= 15 is 0 Å². The van der Waals surface area contributed by atoms with Crippen LogP contribution >= 0.6 is 15.2 Å². The molecule has 0 bridgehead atoms. The van der Waals surface area contributed by atoms with E-state index in [1.54, 1.807) is 41.5 Å². The lowest BCUT2D eigenvalue weighted by Crippen LogP contribution is -2.52. The van der Waals surface area contributed by atoms with Crippen LogP contribution in [-0.4, -0.2) is 136 Å². The number of fused-ring (bicyclic) bond motifs is 2. The van der Waals surface area contributed by atoms with Crippen LogP contribution in [0, 0.1) is 34.1 Å². The van der Waals surface area contributed by atoms with Gasteiger partial charge in [-0.15, -0.1) is 0 Å². The quantitative estimate of drug-likeness (QED) is 0.0313. The van der Waals surface area contributed by atoms with Crippen molar-refractivity contribution in [3.63, 3.8) is 0 Å². The minimum atomic E-state index is -3.36. The number of hydrogen-bond donors (Lipinski definition) is 3. The van der Waals surface area contributed by atoms with Crippen LogP contribution < -0.4 is 26.2 Å². The molecule has 3 N–H and O–H groups in total. The molecule has 0 radical (unpaired) electrons.